The number of nitrogens with zero attached hydrogens (tertiary/aromatic N) is 1. The molecule has 2 aromatic rings. The molecule has 122 valence electrons. The number of carboxylic acid groups (broad SMARTS) is 1. The summed E-state index contributed by atoms with van der Waals surface area (Å²) >= 11 is 0. The maximum absolute atomic E-state index is 12.4. The van der Waals surface area contributed by atoms with E-state index in [4.69, 9.17) is 9.63 Å². The van der Waals surface area contributed by atoms with Crippen molar-refractivity contribution in [3.05, 3.63) is 41.7 Å². The monoisotopic (exact) mass is 316 g/mol. The van der Waals surface area contributed by atoms with Gasteiger partial charge in [-0.1, -0.05) is 41.9 Å². The van der Waals surface area contributed by atoms with Crippen LogP contribution in [0.15, 0.2) is 34.9 Å². The Morgan fingerprint density at radius 1 is 1.17 bits per heavy atom. The first-order chi connectivity index (χ1) is 11.1. The van der Waals surface area contributed by atoms with Crippen LogP contribution < -0.4 is 5.32 Å². The topological polar surface area (TPSA) is 92.4 Å². The summed E-state index contributed by atoms with van der Waals surface area (Å²) in [5.74, 6) is -0.533. The number of carboxylic acids is 1. The quantitative estimate of drug-likeness (QED) is 0.730. The van der Waals surface area contributed by atoms with Crippen LogP contribution in [0.5, 0.6) is 0 Å². The van der Waals surface area contributed by atoms with Crippen molar-refractivity contribution in [3.63, 3.8) is 0 Å². The Balaban J connectivity index is 1.93. The van der Waals surface area contributed by atoms with Crippen LogP contribution in [0.4, 0.5) is 0 Å². The summed E-state index contributed by atoms with van der Waals surface area (Å²) in [6.07, 6.45) is 2.29. The smallest absolute Gasteiger partial charge is 0.303 e. The number of rotatable bonds is 8. The Bertz CT molecular complexity index is 664. The van der Waals surface area contributed by atoms with E-state index in [9.17, 15) is 9.59 Å². The van der Waals surface area contributed by atoms with E-state index in [1.807, 2.05) is 30.3 Å². The zero-order chi connectivity index (χ0) is 16.7. The van der Waals surface area contributed by atoms with Crippen LogP contribution >= 0.6 is 0 Å². The van der Waals surface area contributed by atoms with E-state index >= 15 is 0 Å². The minimum atomic E-state index is -0.790. The standard InChI is InChI=1S/C17H20N2O4/c1-12-15(16(19-23-12)13-8-4-2-5-9-13)17(22)18-11-7-3-6-10-14(20)21/h2,4-5,8-9H,3,6-7,10-11H2,1H3,(H,18,22)(H,20,21). The number of aromatic nitrogens is 1. The van der Waals surface area contributed by atoms with Gasteiger partial charge in [0, 0.05) is 18.5 Å². The van der Waals surface area contributed by atoms with Crippen molar-refractivity contribution in [2.45, 2.75) is 32.6 Å². The van der Waals surface area contributed by atoms with Crippen molar-refractivity contribution >= 4 is 11.9 Å². The van der Waals surface area contributed by atoms with Crippen molar-refractivity contribution in [3.8, 4) is 11.3 Å². The number of amides is 1. The largest absolute Gasteiger partial charge is 0.481 e. The van der Waals surface area contributed by atoms with Gasteiger partial charge in [0.2, 0.25) is 0 Å². The molecular formula is C17H20N2O4. The van der Waals surface area contributed by atoms with Gasteiger partial charge in [0.05, 0.1) is 0 Å². The van der Waals surface area contributed by atoms with Gasteiger partial charge in [-0.2, -0.15) is 0 Å². The Labute approximate surface area is 134 Å². The third-order valence-electron chi connectivity index (χ3n) is 3.49. The number of aryl methyl sites for hydroxylation is 1. The van der Waals surface area contributed by atoms with Gasteiger partial charge in [0.15, 0.2) is 0 Å². The zero-order valence-electron chi connectivity index (χ0n) is 13.0. The number of benzene rings is 1. The van der Waals surface area contributed by atoms with Crippen molar-refractivity contribution in [1.82, 2.24) is 10.5 Å². The molecule has 0 radical (unpaired) electrons. The van der Waals surface area contributed by atoms with Crippen molar-refractivity contribution < 1.29 is 19.2 Å². The van der Waals surface area contributed by atoms with E-state index in [1.165, 1.54) is 0 Å². The summed E-state index contributed by atoms with van der Waals surface area (Å²) in [5, 5.41) is 15.4. The van der Waals surface area contributed by atoms with Gasteiger partial charge in [-0.05, 0) is 19.8 Å². The minimum absolute atomic E-state index is 0.164. The molecule has 0 bridgehead atoms. The van der Waals surface area contributed by atoms with E-state index in [0.29, 0.717) is 30.0 Å². The Hall–Kier alpha value is -2.63. The molecular weight excluding hydrogens is 296 g/mol. The highest BCUT2D eigenvalue weighted by Gasteiger charge is 2.20. The third kappa shape index (κ3) is 4.67. The van der Waals surface area contributed by atoms with Crippen LogP contribution in [0.25, 0.3) is 11.3 Å². The predicted octanol–water partition coefficient (Wildman–Crippen LogP) is 3.02. The van der Waals surface area contributed by atoms with Crippen LogP contribution in [0, 0.1) is 6.92 Å². The first-order valence-electron chi connectivity index (χ1n) is 7.61. The van der Waals surface area contributed by atoms with E-state index in [0.717, 1.165) is 18.4 Å². The second-order valence-corrected chi connectivity index (χ2v) is 5.29. The molecule has 2 N–H and O–H groups in total. The molecule has 6 nitrogen and oxygen atoms in total. The first kappa shape index (κ1) is 16.7. The fraction of sp³-hybridized carbons (Fsp3) is 0.353. The molecule has 0 unspecified atom stereocenters. The predicted molar refractivity (Wildman–Crippen MR) is 85.1 cm³/mol. The van der Waals surface area contributed by atoms with Crippen LogP contribution in [0.1, 0.15) is 41.8 Å². The summed E-state index contributed by atoms with van der Waals surface area (Å²) in [6, 6.07) is 9.40. The number of aliphatic carboxylic acids is 1. The van der Waals surface area contributed by atoms with Gasteiger partial charge >= 0.3 is 5.97 Å². The van der Waals surface area contributed by atoms with Crippen LogP contribution in [-0.2, 0) is 4.79 Å². The lowest BCUT2D eigenvalue weighted by atomic mass is 10.1. The first-order valence-corrected chi connectivity index (χ1v) is 7.61. The van der Waals surface area contributed by atoms with E-state index in [1.54, 1.807) is 6.92 Å². The molecule has 2 rings (SSSR count). The summed E-state index contributed by atoms with van der Waals surface area (Å²) < 4.78 is 5.17. The second kappa shape index (κ2) is 8.12. The summed E-state index contributed by atoms with van der Waals surface area (Å²) in [5.41, 5.74) is 1.81. The third-order valence-corrected chi connectivity index (χ3v) is 3.49. The highest BCUT2D eigenvalue weighted by molar-refractivity contribution is 6.00. The van der Waals surface area contributed by atoms with E-state index in [2.05, 4.69) is 10.5 Å². The molecule has 0 spiro atoms. The van der Waals surface area contributed by atoms with Crippen molar-refractivity contribution in [2.24, 2.45) is 0 Å². The van der Waals surface area contributed by atoms with Crippen LogP contribution in [0.3, 0.4) is 0 Å². The number of unbranched alkanes of at least 4 members (excludes halogenated alkanes) is 2. The molecule has 23 heavy (non-hydrogen) atoms. The summed E-state index contributed by atoms with van der Waals surface area (Å²) in [4.78, 5) is 22.8. The molecule has 1 aromatic heterocycles. The Morgan fingerprint density at radius 2 is 1.91 bits per heavy atom. The Morgan fingerprint density at radius 3 is 2.61 bits per heavy atom. The lowest BCUT2D eigenvalue weighted by Crippen LogP contribution is -2.25. The maximum atomic E-state index is 12.4. The average Bonchev–Trinajstić information content (AvgIpc) is 2.93. The molecule has 1 heterocycles. The molecule has 6 heteroatoms. The van der Waals surface area contributed by atoms with Gasteiger partial charge in [0.1, 0.15) is 17.0 Å². The SMILES string of the molecule is Cc1onc(-c2ccccc2)c1C(=O)NCCCCCC(=O)O. The highest BCUT2D eigenvalue weighted by atomic mass is 16.5. The lowest BCUT2D eigenvalue weighted by Gasteiger charge is -2.05. The lowest BCUT2D eigenvalue weighted by molar-refractivity contribution is -0.137. The summed E-state index contributed by atoms with van der Waals surface area (Å²) in [7, 11) is 0. The molecule has 0 saturated carbocycles. The van der Waals surface area contributed by atoms with Crippen molar-refractivity contribution in [2.75, 3.05) is 6.54 Å². The maximum Gasteiger partial charge on any atom is 0.303 e. The molecule has 0 fully saturated rings. The van der Waals surface area contributed by atoms with E-state index in [-0.39, 0.29) is 12.3 Å². The molecule has 1 amide bonds. The molecule has 0 aliphatic rings. The number of carbonyl (C=O) groups is 2. The number of hydrogen-bond acceptors (Lipinski definition) is 4. The average molecular weight is 316 g/mol. The van der Waals surface area contributed by atoms with Crippen LogP contribution in [-0.4, -0.2) is 28.7 Å². The van der Waals surface area contributed by atoms with Crippen molar-refractivity contribution in [1.29, 1.82) is 0 Å². The second-order valence-electron chi connectivity index (χ2n) is 5.29. The molecule has 0 atom stereocenters. The van der Waals surface area contributed by atoms with Gasteiger partial charge in [-0.3, -0.25) is 9.59 Å². The van der Waals surface area contributed by atoms with Crippen LogP contribution in [0.2, 0.25) is 0 Å². The van der Waals surface area contributed by atoms with Gasteiger partial charge in [-0.15, -0.1) is 0 Å². The molecule has 0 saturated heterocycles. The summed E-state index contributed by atoms with van der Waals surface area (Å²) in [6.45, 7) is 2.21. The minimum Gasteiger partial charge on any atom is -0.481 e. The van der Waals surface area contributed by atoms with Gasteiger partial charge < -0.3 is 14.9 Å². The zero-order valence-corrected chi connectivity index (χ0v) is 13.0. The molecule has 1 aromatic carbocycles. The van der Waals surface area contributed by atoms with Gasteiger partial charge in [-0.25, -0.2) is 0 Å². The Kier molecular flexibility index (Phi) is 5.91. The highest BCUT2D eigenvalue weighted by Crippen LogP contribution is 2.24. The van der Waals surface area contributed by atoms with E-state index < -0.39 is 5.97 Å². The number of hydrogen-bond donors (Lipinski definition) is 2. The fourth-order valence-corrected chi connectivity index (χ4v) is 2.30. The van der Waals surface area contributed by atoms with Gasteiger partial charge in [0.25, 0.3) is 5.91 Å². The molecule has 0 aliphatic heterocycles. The fourth-order valence-electron chi connectivity index (χ4n) is 2.30. The number of carbonyl (C=O) groups excluding carboxylic acids is 1. The number of nitrogens with one attached hydrogen (secondary N) is 1. The normalized spacial score (nSPS) is 10.5. The molecule has 0 aliphatic carbocycles.